The maximum absolute atomic E-state index is 5.99. The van der Waals surface area contributed by atoms with Crippen LogP contribution in [0.1, 0.15) is 0 Å². The average Bonchev–Trinajstić information content (AvgIpc) is 2.29. The van der Waals surface area contributed by atoms with Gasteiger partial charge in [0.1, 0.15) is 0 Å². The van der Waals surface area contributed by atoms with Gasteiger partial charge in [-0.3, -0.25) is 4.90 Å². The minimum Gasteiger partial charge on any atom is -0.392 e. The molecule has 0 bridgehead atoms. The van der Waals surface area contributed by atoms with Crippen molar-refractivity contribution in [3.05, 3.63) is 29.3 Å². The SMILES string of the molecule is NC(=S)CN1CCN(c2cccc(Cl)c2)CC1. The van der Waals surface area contributed by atoms with Crippen molar-refractivity contribution < 1.29 is 0 Å². The van der Waals surface area contributed by atoms with Crippen molar-refractivity contribution in [1.29, 1.82) is 0 Å². The van der Waals surface area contributed by atoms with Crippen molar-refractivity contribution in [3.63, 3.8) is 0 Å². The molecule has 0 atom stereocenters. The van der Waals surface area contributed by atoms with Crippen LogP contribution in [0.15, 0.2) is 24.3 Å². The topological polar surface area (TPSA) is 32.5 Å². The number of thiocarbonyl (C=S) groups is 1. The fourth-order valence-corrected chi connectivity index (χ4v) is 2.42. The van der Waals surface area contributed by atoms with E-state index in [1.165, 1.54) is 5.69 Å². The van der Waals surface area contributed by atoms with Crippen molar-refractivity contribution in [2.45, 2.75) is 0 Å². The minimum absolute atomic E-state index is 0.571. The molecule has 5 heteroatoms. The van der Waals surface area contributed by atoms with Crippen LogP contribution in [0.4, 0.5) is 5.69 Å². The average molecular weight is 270 g/mol. The molecular formula is C12H16ClN3S. The maximum atomic E-state index is 5.99. The van der Waals surface area contributed by atoms with Crippen LogP contribution in [0.25, 0.3) is 0 Å². The van der Waals surface area contributed by atoms with Crippen LogP contribution >= 0.6 is 23.8 Å². The van der Waals surface area contributed by atoms with Gasteiger partial charge in [0.05, 0.1) is 4.99 Å². The van der Waals surface area contributed by atoms with Crippen molar-refractivity contribution in [3.8, 4) is 0 Å². The van der Waals surface area contributed by atoms with E-state index in [0.29, 0.717) is 4.99 Å². The molecule has 3 nitrogen and oxygen atoms in total. The molecule has 0 unspecified atom stereocenters. The fourth-order valence-electron chi connectivity index (χ4n) is 2.06. The summed E-state index contributed by atoms with van der Waals surface area (Å²) in [6.07, 6.45) is 0. The van der Waals surface area contributed by atoms with E-state index < -0.39 is 0 Å². The summed E-state index contributed by atoms with van der Waals surface area (Å²) in [4.78, 5) is 5.19. The number of benzene rings is 1. The summed E-state index contributed by atoms with van der Waals surface area (Å²) >= 11 is 10.9. The Morgan fingerprint density at radius 3 is 2.59 bits per heavy atom. The fraction of sp³-hybridized carbons (Fsp3) is 0.417. The molecule has 1 aliphatic heterocycles. The lowest BCUT2D eigenvalue weighted by Gasteiger charge is -2.35. The highest BCUT2D eigenvalue weighted by molar-refractivity contribution is 7.80. The molecule has 0 radical (unpaired) electrons. The van der Waals surface area contributed by atoms with Gasteiger partial charge in [-0.25, -0.2) is 0 Å². The zero-order chi connectivity index (χ0) is 12.3. The van der Waals surface area contributed by atoms with Gasteiger partial charge in [-0.15, -0.1) is 0 Å². The second-order valence-corrected chi connectivity index (χ2v) is 5.17. The molecule has 0 amide bonds. The van der Waals surface area contributed by atoms with Gasteiger partial charge in [0, 0.05) is 43.4 Å². The van der Waals surface area contributed by atoms with E-state index >= 15 is 0 Å². The highest BCUT2D eigenvalue weighted by Gasteiger charge is 2.17. The third-order valence-electron chi connectivity index (χ3n) is 2.93. The number of nitrogens with two attached hydrogens (primary N) is 1. The van der Waals surface area contributed by atoms with Gasteiger partial charge in [-0.05, 0) is 18.2 Å². The standard InChI is InChI=1S/C12H16ClN3S/c13-10-2-1-3-11(8-10)16-6-4-15(5-7-16)9-12(14)17/h1-3,8H,4-7,9H2,(H2,14,17). The first-order valence-corrected chi connectivity index (χ1v) is 6.45. The Bertz CT molecular complexity index is 402. The lowest BCUT2D eigenvalue weighted by atomic mass is 10.2. The van der Waals surface area contributed by atoms with Gasteiger partial charge in [-0.2, -0.15) is 0 Å². The Morgan fingerprint density at radius 2 is 2.00 bits per heavy atom. The molecule has 2 rings (SSSR count). The monoisotopic (exact) mass is 269 g/mol. The maximum Gasteiger partial charge on any atom is 0.0870 e. The molecular weight excluding hydrogens is 254 g/mol. The number of rotatable bonds is 3. The molecule has 0 aromatic heterocycles. The minimum atomic E-state index is 0.571. The van der Waals surface area contributed by atoms with Gasteiger partial charge in [0.15, 0.2) is 0 Å². The molecule has 0 spiro atoms. The second-order valence-electron chi connectivity index (χ2n) is 4.21. The molecule has 1 aliphatic rings. The Hall–Kier alpha value is -0.840. The van der Waals surface area contributed by atoms with Crippen LogP contribution in [-0.2, 0) is 0 Å². The highest BCUT2D eigenvalue weighted by Crippen LogP contribution is 2.20. The summed E-state index contributed by atoms with van der Waals surface area (Å²) in [5.41, 5.74) is 6.74. The van der Waals surface area contributed by atoms with E-state index in [9.17, 15) is 0 Å². The lowest BCUT2D eigenvalue weighted by Crippen LogP contribution is -2.48. The van der Waals surface area contributed by atoms with Crippen LogP contribution in [0.3, 0.4) is 0 Å². The summed E-state index contributed by atoms with van der Waals surface area (Å²) in [6, 6.07) is 7.98. The Morgan fingerprint density at radius 1 is 1.29 bits per heavy atom. The molecule has 92 valence electrons. The van der Waals surface area contributed by atoms with Crippen molar-refractivity contribution in [2.75, 3.05) is 37.6 Å². The highest BCUT2D eigenvalue weighted by atomic mass is 35.5. The smallest absolute Gasteiger partial charge is 0.0870 e. The first-order valence-electron chi connectivity index (χ1n) is 5.66. The van der Waals surface area contributed by atoms with Crippen LogP contribution in [-0.4, -0.2) is 42.6 Å². The third-order valence-corrected chi connectivity index (χ3v) is 3.29. The summed E-state index contributed by atoms with van der Waals surface area (Å²) in [5, 5.41) is 0.785. The lowest BCUT2D eigenvalue weighted by molar-refractivity contribution is 0.292. The molecule has 1 fully saturated rings. The van der Waals surface area contributed by atoms with Crippen molar-refractivity contribution >= 4 is 34.5 Å². The predicted molar refractivity (Wildman–Crippen MR) is 76.9 cm³/mol. The zero-order valence-corrected chi connectivity index (χ0v) is 11.2. The number of hydrogen-bond acceptors (Lipinski definition) is 3. The van der Waals surface area contributed by atoms with Gasteiger partial charge < -0.3 is 10.6 Å². The van der Waals surface area contributed by atoms with Gasteiger partial charge >= 0.3 is 0 Å². The molecule has 2 N–H and O–H groups in total. The molecule has 0 saturated carbocycles. The first-order chi connectivity index (χ1) is 8.15. The molecule has 17 heavy (non-hydrogen) atoms. The summed E-state index contributed by atoms with van der Waals surface area (Å²) in [7, 11) is 0. The van der Waals surface area contributed by atoms with Gasteiger partial charge in [0.2, 0.25) is 0 Å². The van der Waals surface area contributed by atoms with Crippen LogP contribution < -0.4 is 10.6 Å². The van der Waals surface area contributed by atoms with Gasteiger partial charge in [-0.1, -0.05) is 29.9 Å². The normalized spacial score (nSPS) is 17.1. The predicted octanol–water partition coefficient (Wildman–Crippen LogP) is 1.75. The number of nitrogens with zero attached hydrogens (tertiary/aromatic N) is 2. The molecule has 0 aliphatic carbocycles. The number of halogens is 1. The molecule has 1 aromatic rings. The third kappa shape index (κ3) is 3.56. The largest absolute Gasteiger partial charge is 0.392 e. The number of piperazine rings is 1. The number of anilines is 1. The zero-order valence-electron chi connectivity index (χ0n) is 9.60. The summed E-state index contributed by atoms with van der Waals surface area (Å²) in [5.74, 6) is 0. The van der Waals surface area contributed by atoms with Crippen molar-refractivity contribution in [1.82, 2.24) is 4.90 Å². The number of hydrogen-bond donors (Lipinski definition) is 1. The van der Waals surface area contributed by atoms with E-state index in [4.69, 9.17) is 29.6 Å². The van der Waals surface area contributed by atoms with Crippen LogP contribution in [0, 0.1) is 0 Å². The first kappa shape index (κ1) is 12.6. The van der Waals surface area contributed by atoms with E-state index in [0.717, 1.165) is 37.7 Å². The quantitative estimate of drug-likeness (QED) is 0.848. The summed E-state index contributed by atoms with van der Waals surface area (Å²) in [6.45, 7) is 4.68. The van der Waals surface area contributed by atoms with Crippen molar-refractivity contribution in [2.24, 2.45) is 5.73 Å². The van der Waals surface area contributed by atoms with E-state index in [1.54, 1.807) is 0 Å². The van der Waals surface area contributed by atoms with Gasteiger partial charge in [0.25, 0.3) is 0 Å². The molecule has 1 aromatic carbocycles. The molecule has 1 saturated heterocycles. The Labute approximate surface area is 112 Å². The van der Waals surface area contributed by atoms with Crippen LogP contribution in [0.2, 0.25) is 5.02 Å². The van der Waals surface area contributed by atoms with E-state index in [2.05, 4.69) is 15.9 Å². The summed E-state index contributed by atoms with van der Waals surface area (Å²) < 4.78 is 0. The van der Waals surface area contributed by atoms with E-state index in [1.807, 2.05) is 18.2 Å². The van der Waals surface area contributed by atoms with E-state index in [-0.39, 0.29) is 0 Å². The Kier molecular flexibility index (Phi) is 4.20. The molecule has 1 heterocycles. The second kappa shape index (κ2) is 5.67. The Balaban J connectivity index is 1.93. The van der Waals surface area contributed by atoms with Crippen LogP contribution in [0.5, 0.6) is 0 Å².